The van der Waals surface area contributed by atoms with Crippen molar-refractivity contribution in [2.75, 3.05) is 6.61 Å². The molecule has 84 valence electrons. The minimum Gasteiger partial charge on any atom is -0.394 e. The molecule has 0 heterocycles. The number of hydrogen-bond donors (Lipinski definition) is 2. The lowest BCUT2D eigenvalue weighted by Crippen LogP contribution is -2.16. The van der Waals surface area contributed by atoms with Gasteiger partial charge in [0.15, 0.2) is 0 Å². The highest BCUT2D eigenvalue weighted by Gasteiger charge is 2.31. The van der Waals surface area contributed by atoms with Crippen LogP contribution in [0.15, 0.2) is 18.2 Å². The summed E-state index contributed by atoms with van der Waals surface area (Å²) in [5, 5.41) is 8.67. The number of aliphatic hydroxyl groups excluding tert-OH is 1. The molecule has 0 bridgehead atoms. The van der Waals surface area contributed by atoms with Crippen LogP contribution in [0.2, 0.25) is 5.02 Å². The van der Waals surface area contributed by atoms with Crippen LogP contribution in [0.25, 0.3) is 0 Å². The lowest BCUT2D eigenvalue weighted by atomic mass is 10.0. The summed E-state index contributed by atoms with van der Waals surface area (Å²) < 4.78 is 37.1. The minimum atomic E-state index is -4.46. The molecule has 0 amide bonds. The second-order valence-electron chi connectivity index (χ2n) is 3.06. The van der Waals surface area contributed by atoms with Crippen LogP contribution in [-0.2, 0) is 6.18 Å². The second kappa shape index (κ2) is 4.38. The van der Waals surface area contributed by atoms with Crippen LogP contribution in [0.4, 0.5) is 13.2 Å². The Labute approximate surface area is 89.5 Å². The summed E-state index contributed by atoms with van der Waals surface area (Å²) in [6.07, 6.45) is -4.46. The molecule has 1 rings (SSSR count). The van der Waals surface area contributed by atoms with Crippen LogP contribution in [0.5, 0.6) is 0 Å². The zero-order valence-corrected chi connectivity index (χ0v) is 8.31. The van der Waals surface area contributed by atoms with E-state index in [9.17, 15) is 13.2 Å². The number of halogens is 4. The van der Waals surface area contributed by atoms with Crippen molar-refractivity contribution < 1.29 is 18.3 Å². The van der Waals surface area contributed by atoms with E-state index in [-0.39, 0.29) is 10.6 Å². The fourth-order valence-electron chi connectivity index (χ4n) is 1.10. The van der Waals surface area contributed by atoms with E-state index < -0.39 is 24.4 Å². The van der Waals surface area contributed by atoms with Crippen LogP contribution in [0.1, 0.15) is 17.2 Å². The van der Waals surface area contributed by atoms with Gasteiger partial charge in [-0.2, -0.15) is 13.2 Å². The van der Waals surface area contributed by atoms with Gasteiger partial charge >= 0.3 is 6.18 Å². The topological polar surface area (TPSA) is 46.2 Å². The second-order valence-corrected chi connectivity index (χ2v) is 3.50. The molecule has 1 aromatic carbocycles. The van der Waals surface area contributed by atoms with Gasteiger partial charge in [-0.3, -0.25) is 0 Å². The van der Waals surface area contributed by atoms with Crippen LogP contribution >= 0.6 is 11.6 Å². The third-order valence-corrected chi connectivity index (χ3v) is 2.09. The highest BCUT2D eigenvalue weighted by Crippen LogP contribution is 2.32. The molecule has 15 heavy (non-hydrogen) atoms. The van der Waals surface area contributed by atoms with Gasteiger partial charge in [-0.25, -0.2) is 0 Å². The predicted octanol–water partition coefficient (Wildman–Crippen LogP) is 2.35. The molecule has 0 saturated carbocycles. The molecule has 0 fully saturated rings. The average molecular weight is 240 g/mol. The third kappa shape index (κ3) is 3.09. The van der Waals surface area contributed by atoms with E-state index in [4.69, 9.17) is 22.4 Å². The molecule has 1 atom stereocenters. The van der Waals surface area contributed by atoms with Crippen molar-refractivity contribution in [2.45, 2.75) is 12.2 Å². The van der Waals surface area contributed by atoms with Gasteiger partial charge in [-0.15, -0.1) is 0 Å². The van der Waals surface area contributed by atoms with Crippen molar-refractivity contribution in [2.24, 2.45) is 5.73 Å². The first-order chi connectivity index (χ1) is 6.84. The SMILES string of the molecule is N[C@H](CO)c1cc(Cl)cc(C(F)(F)F)c1. The Hall–Kier alpha value is -0.780. The molecular formula is C9H9ClF3NO. The molecule has 0 radical (unpaired) electrons. The smallest absolute Gasteiger partial charge is 0.394 e. The van der Waals surface area contributed by atoms with Gasteiger partial charge in [0.1, 0.15) is 0 Å². The summed E-state index contributed by atoms with van der Waals surface area (Å²) >= 11 is 5.52. The maximum absolute atomic E-state index is 12.4. The van der Waals surface area contributed by atoms with E-state index in [0.717, 1.165) is 12.1 Å². The van der Waals surface area contributed by atoms with E-state index in [0.29, 0.717) is 0 Å². The number of rotatable bonds is 2. The van der Waals surface area contributed by atoms with Gasteiger partial charge in [0, 0.05) is 5.02 Å². The maximum Gasteiger partial charge on any atom is 0.416 e. The van der Waals surface area contributed by atoms with Gasteiger partial charge in [0.05, 0.1) is 18.2 Å². The lowest BCUT2D eigenvalue weighted by Gasteiger charge is -2.13. The molecular weight excluding hydrogens is 231 g/mol. The first kappa shape index (κ1) is 12.3. The minimum absolute atomic E-state index is 0.0521. The average Bonchev–Trinajstić information content (AvgIpc) is 2.14. The molecule has 2 nitrogen and oxygen atoms in total. The van der Waals surface area contributed by atoms with Crippen LogP contribution in [0, 0.1) is 0 Å². The van der Waals surface area contributed by atoms with Gasteiger partial charge in [0.25, 0.3) is 0 Å². The van der Waals surface area contributed by atoms with Crippen LogP contribution < -0.4 is 5.73 Å². The monoisotopic (exact) mass is 239 g/mol. The molecule has 0 aromatic heterocycles. The van der Waals surface area contributed by atoms with E-state index in [1.807, 2.05) is 0 Å². The number of benzene rings is 1. The summed E-state index contributed by atoms with van der Waals surface area (Å²) in [7, 11) is 0. The zero-order valence-electron chi connectivity index (χ0n) is 7.55. The Kier molecular flexibility index (Phi) is 3.59. The van der Waals surface area contributed by atoms with E-state index >= 15 is 0 Å². The van der Waals surface area contributed by atoms with Crippen molar-refractivity contribution >= 4 is 11.6 Å². The molecule has 0 spiro atoms. The molecule has 0 aliphatic rings. The van der Waals surface area contributed by atoms with Crippen molar-refractivity contribution in [3.63, 3.8) is 0 Å². The summed E-state index contributed by atoms with van der Waals surface area (Å²) in [5.41, 5.74) is 4.70. The fraction of sp³-hybridized carbons (Fsp3) is 0.333. The molecule has 0 aliphatic carbocycles. The molecule has 3 N–H and O–H groups in total. The number of hydrogen-bond acceptors (Lipinski definition) is 2. The maximum atomic E-state index is 12.4. The predicted molar refractivity (Wildman–Crippen MR) is 50.5 cm³/mol. The van der Waals surface area contributed by atoms with E-state index in [1.165, 1.54) is 6.07 Å². The quantitative estimate of drug-likeness (QED) is 0.832. The summed E-state index contributed by atoms with van der Waals surface area (Å²) in [6, 6.07) is 2.14. The van der Waals surface area contributed by atoms with Gasteiger partial charge < -0.3 is 10.8 Å². The van der Waals surface area contributed by atoms with Crippen LogP contribution in [-0.4, -0.2) is 11.7 Å². The Morgan fingerprint density at radius 1 is 1.33 bits per heavy atom. The first-order valence-corrected chi connectivity index (χ1v) is 4.46. The van der Waals surface area contributed by atoms with Gasteiger partial charge in [-0.1, -0.05) is 11.6 Å². The number of aliphatic hydroxyl groups is 1. The molecule has 1 aromatic rings. The summed E-state index contributed by atoms with van der Waals surface area (Å²) in [6.45, 7) is -0.433. The number of nitrogens with two attached hydrogens (primary N) is 1. The van der Waals surface area contributed by atoms with Crippen molar-refractivity contribution in [1.29, 1.82) is 0 Å². The normalized spacial score (nSPS) is 14.0. The van der Waals surface area contributed by atoms with Crippen molar-refractivity contribution in [1.82, 2.24) is 0 Å². The largest absolute Gasteiger partial charge is 0.416 e. The molecule has 0 aliphatic heterocycles. The summed E-state index contributed by atoms with van der Waals surface area (Å²) in [5.74, 6) is 0. The van der Waals surface area contributed by atoms with Crippen molar-refractivity contribution in [3.05, 3.63) is 34.3 Å². The van der Waals surface area contributed by atoms with E-state index in [1.54, 1.807) is 0 Å². The molecule has 0 saturated heterocycles. The zero-order chi connectivity index (χ0) is 11.6. The summed E-state index contributed by atoms with van der Waals surface area (Å²) in [4.78, 5) is 0. The Morgan fingerprint density at radius 2 is 1.93 bits per heavy atom. The Bertz CT molecular complexity index is 354. The molecule has 0 unspecified atom stereocenters. The standard InChI is InChI=1S/C9H9ClF3NO/c10-7-2-5(8(14)4-15)1-6(3-7)9(11,12)13/h1-3,8,15H,4,14H2/t8-/m1/s1. The van der Waals surface area contributed by atoms with Gasteiger partial charge in [0.2, 0.25) is 0 Å². The lowest BCUT2D eigenvalue weighted by molar-refractivity contribution is -0.137. The Balaban J connectivity index is 3.17. The molecule has 6 heteroatoms. The van der Waals surface area contributed by atoms with Gasteiger partial charge in [-0.05, 0) is 23.8 Å². The third-order valence-electron chi connectivity index (χ3n) is 1.87. The highest BCUT2D eigenvalue weighted by atomic mass is 35.5. The Morgan fingerprint density at radius 3 is 2.40 bits per heavy atom. The van der Waals surface area contributed by atoms with Crippen molar-refractivity contribution in [3.8, 4) is 0 Å². The highest BCUT2D eigenvalue weighted by molar-refractivity contribution is 6.30. The first-order valence-electron chi connectivity index (χ1n) is 4.08. The number of alkyl halides is 3. The van der Waals surface area contributed by atoms with Crippen LogP contribution in [0.3, 0.4) is 0 Å². The fourth-order valence-corrected chi connectivity index (χ4v) is 1.34. The van der Waals surface area contributed by atoms with E-state index in [2.05, 4.69) is 0 Å².